The van der Waals surface area contributed by atoms with Gasteiger partial charge in [-0.3, -0.25) is 4.90 Å². The minimum atomic E-state index is 0. The fraction of sp³-hybridized carbons (Fsp3) is 0.600. The standard InChI is InChI=1S/C15H21BrN2.ClH/c1-11-8-12(2-3-14(11)16)9-18-7-5-15-13(10-18)4-6-17-15;/h2-3,8,13,15,17H,4-7,9-10H2,1H3;1H. The van der Waals surface area contributed by atoms with E-state index in [4.69, 9.17) is 0 Å². The molecule has 3 rings (SSSR count). The summed E-state index contributed by atoms with van der Waals surface area (Å²) >= 11 is 3.57. The molecule has 2 unspecified atom stereocenters. The molecule has 2 fully saturated rings. The largest absolute Gasteiger partial charge is 0.314 e. The third kappa shape index (κ3) is 3.52. The smallest absolute Gasteiger partial charge is 0.0233 e. The van der Waals surface area contributed by atoms with E-state index in [-0.39, 0.29) is 12.4 Å². The Morgan fingerprint density at radius 3 is 3.00 bits per heavy atom. The van der Waals surface area contributed by atoms with Crippen LogP contribution in [0.15, 0.2) is 22.7 Å². The van der Waals surface area contributed by atoms with Crippen LogP contribution >= 0.6 is 28.3 Å². The number of fused-ring (bicyclic) bond motifs is 1. The van der Waals surface area contributed by atoms with Crippen molar-refractivity contribution < 1.29 is 0 Å². The first-order valence-electron chi connectivity index (χ1n) is 6.93. The second-order valence-electron chi connectivity index (χ2n) is 5.72. The van der Waals surface area contributed by atoms with Gasteiger partial charge in [0, 0.05) is 23.6 Å². The summed E-state index contributed by atoms with van der Waals surface area (Å²) in [4.78, 5) is 2.62. The number of likely N-dealkylation sites (tertiary alicyclic amines) is 1. The van der Waals surface area contributed by atoms with E-state index >= 15 is 0 Å². The lowest BCUT2D eigenvalue weighted by Crippen LogP contribution is -2.43. The number of hydrogen-bond donors (Lipinski definition) is 1. The highest BCUT2D eigenvalue weighted by molar-refractivity contribution is 9.10. The maximum absolute atomic E-state index is 3.63. The van der Waals surface area contributed by atoms with Crippen molar-refractivity contribution in [3.63, 3.8) is 0 Å². The van der Waals surface area contributed by atoms with Gasteiger partial charge in [-0.2, -0.15) is 0 Å². The maximum Gasteiger partial charge on any atom is 0.0233 e. The van der Waals surface area contributed by atoms with Crippen molar-refractivity contribution in [1.82, 2.24) is 10.2 Å². The van der Waals surface area contributed by atoms with Crippen molar-refractivity contribution in [2.45, 2.75) is 32.4 Å². The number of halogens is 2. The van der Waals surface area contributed by atoms with E-state index in [0.717, 1.165) is 18.5 Å². The Morgan fingerprint density at radius 2 is 2.21 bits per heavy atom. The van der Waals surface area contributed by atoms with Crippen LogP contribution in [0.5, 0.6) is 0 Å². The quantitative estimate of drug-likeness (QED) is 0.884. The topological polar surface area (TPSA) is 15.3 Å². The van der Waals surface area contributed by atoms with Crippen molar-refractivity contribution in [3.05, 3.63) is 33.8 Å². The molecule has 1 aromatic carbocycles. The first-order chi connectivity index (χ1) is 8.72. The average Bonchev–Trinajstić information content (AvgIpc) is 2.81. The predicted molar refractivity (Wildman–Crippen MR) is 85.9 cm³/mol. The van der Waals surface area contributed by atoms with E-state index in [1.165, 1.54) is 48.1 Å². The lowest BCUT2D eigenvalue weighted by Gasteiger charge is -2.34. The van der Waals surface area contributed by atoms with E-state index in [2.05, 4.69) is 51.3 Å². The zero-order chi connectivity index (χ0) is 12.5. The van der Waals surface area contributed by atoms with Gasteiger partial charge in [-0.1, -0.05) is 28.1 Å². The first kappa shape index (κ1) is 15.3. The Hall–Kier alpha value is -0.0900. The van der Waals surface area contributed by atoms with Crippen LogP contribution in [0.2, 0.25) is 0 Å². The van der Waals surface area contributed by atoms with E-state index in [9.17, 15) is 0 Å². The van der Waals surface area contributed by atoms with Crippen LogP contribution < -0.4 is 5.32 Å². The number of piperidine rings is 1. The van der Waals surface area contributed by atoms with Crippen molar-refractivity contribution in [2.24, 2.45) is 5.92 Å². The third-order valence-electron chi connectivity index (χ3n) is 4.37. The Labute approximate surface area is 130 Å². The van der Waals surface area contributed by atoms with Gasteiger partial charge in [-0.05, 0) is 56.0 Å². The zero-order valence-electron chi connectivity index (χ0n) is 11.4. The fourth-order valence-electron chi connectivity index (χ4n) is 3.33. The summed E-state index contributed by atoms with van der Waals surface area (Å²) < 4.78 is 1.21. The molecule has 1 N–H and O–H groups in total. The molecular weight excluding hydrogens is 324 g/mol. The summed E-state index contributed by atoms with van der Waals surface area (Å²) in [7, 11) is 0. The molecule has 2 aliphatic heterocycles. The minimum absolute atomic E-state index is 0. The van der Waals surface area contributed by atoms with Gasteiger partial charge in [0.15, 0.2) is 0 Å². The maximum atomic E-state index is 3.63. The highest BCUT2D eigenvalue weighted by Crippen LogP contribution is 2.26. The van der Waals surface area contributed by atoms with Gasteiger partial charge < -0.3 is 5.32 Å². The Kier molecular flexibility index (Phi) is 5.29. The third-order valence-corrected chi connectivity index (χ3v) is 5.26. The Morgan fingerprint density at radius 1 is 1.37 bits per heavy atom. The number of hydrogen-bond acceptors (Lipinski definition) is 2. The number of nitrogens with one attached hydrogen (secondary N) is 1. The lowest BCUT2D eigenvalue weighted by molar-refractivity contribution is 0.156. The second kappa shape index (κ2) is 6.57. The summed E-state index contributed by atoms with van der Waals surface area (Å²) in [5.41, 5.74) is 2.78. The SMILES string of the molecule is Cc1cc(CN2CCC3NCCC3C2)ccc1Br.Cl. The molecule has 2 saturated heterocycles. The normalized spacial score (nSPS) is 26.8. The second-order valence-corrected chi connectivity index (χ2v) is 6.57. The monoisotopic (exact) mass is 344 g/mol. The molecule has 2 nitrogen and oxygen atoms in total. The molecule has 0 amide bonds. The molecule has 0 aromatic heterocycles. The summed E-state index contributed by atoms with van der Waals surface area (Å²) in [5.74, 6) is 0.885. The van der Waals surface area contributed by atoms with Gasteiger partial charge in [0.25, 0.3) is 0 Å². The van der Waals surface area contributed by atoms with Crippen LogP contribution in [0.25, 0.3) is 0 Å². The van der Waals surface area contributed by atoms with Gasteiger partial charge in [-0.25, -0.2) is 0 Å². The van der Waals surface area contributed by atoms with Crippen molar-refractivity contribution in [1.29, 1.82) is 0 Å². The molecule has 106 valence electrons. The molecule has 0 spiro atoms. The molecule has 2 aliphatic rings. The minimum Gasteiger partial charge on any atom is -0.314 e. The molecule has 1 aromatic rings. The molecule has 0 radical (unpaired) electrons. The zero-order valence-corrected chi connectivity index (χ0v) is 13.8. The van der Waals surface area contributed by atoms with Crippen molar-refractivity contribution >= 4 is 28.3 Å². The number of benzene rings is 1. The Balaban J connectivity index is 0.00000133. The van der Waals surface area contributed by atoms with E-state index in [0.29, 0.717) is 0 Å². The van der Waals surface area contributed by atoms with Crippen molar-refractivity contribution in [2.75, 3.05) is 19.6 Å². The average molecular weight is 346 g/mol. The molecule has 2 atom stereocenters. The molecular formula is C15H22BrClN2. The van der Waals surface area contributed by atoms with Gasteiger partial charge in [-0.15, -0.1) is 12.4 Å². The van der Waals surface area contributed by atoms with Crippen LogP contribution in [0, 0.1) is 12.8 Å². The molecule has 4 heteroatoms. The predicted octanol–water partition coefficient (Wildman–Crippen LogP) is 3.36. The number of rotatable bonds is 2. The summed E-state index contributed by atoms with van der Waals surface area (Å²) in [6, 6.07) is 7.53. The van der Waals surface area contributed by atoms with E-state index < -0.39 is 0 Å². The Bertz CT molecular complexity index is 438. The summed E-state index contributed by atoms with van der Waals surface area (Å²) in [6.07, 6.45) is 2.68. The first-order valence-corrected chi connectivity index (χ1v) is 7.72. The van der Waals surface area contributed by atoms with E-state index in [1.54, 1.807) is 0 Å². The van der Waals surface area contributed by atoms with Crippen molar-refractivity contribution in [3.8, 4) is 0 Å². The molecule has 0 aliphatic carbocycles. The summed E-state index contributed by atoms with van der Waals surface area (Å²) in [6.45, 7) is 7.01. The van der Waals surface area contributed by atoms with Gasteiger partial charge in [0.2, 0.25) is 0 Å². The van der Waals surface area contributed by atoms with E-state index in [1.807, 2.05) is 0 Å². The highest BCUT2D eigenvalue weighted by atomic mass is 79.9. The fourth-order valence-corrected chi connectivity index (χ4v) is 3.58. The molecule has 2 heterocycles. The van der Waals surface area contributed by atoms with Gasteiger partial charge in [0.05, 0.1) is 0 Å². The van der Waals surface area contributed by atoms with Crippen LogP contribution in [0.3, 0.4) is 0 Å². The van der Waals surface area contributed by atoms with Crippen LogP contribution in [-0.2, 0) is 6.54 Å². The number of aryl methyl sites for hydroxylation is 1. The highest BCUT2D eigenvalue weighted by Gasteiger charge is 2.32. The van der Waals surface area contributed by atoms with Crippen LogP contribution in [-0.4, -0.2) is 30.6 Å². The molecule has 0 bridgehead atoms. The van der Waals surface area contributed by atoms with Crippen LogP contribution in [0.1, 0.15) is 24.0 Å². The van der Waals surface area contributed by atoms with Gasteiger partial charge >= 0.3 is 0 Å². The van der Waals surface area contributed by atoms with Crippen LogP contribution in [0.4, 0.5) is 0 Å². The molecule has 19 heavy (non-hydrogen) atoms. The number of nitrogens with zero attached hydrogens (tertiary/aromatic N) is 1. The summed E-state index contributed by atoms with van der Waals surface area (Å²) in [5, 5.41) is 3.63. The molecule has 0 saturated carbocycles. The lowest BCUT2D eigenvalue weighted by atomic mass is 9.93. The van der Waals surface area contributed by atoms with Gasteiger partial charge in [0.1, 0.15) is 0 Å².